The van der Waals surface area contributed by atoms with Crippen LogP contribution in [-0.2, 0) is 6.54 Å². The van der Waals surface area contributed by atoms with E-state index in [9.17, 15) is 4.79 Å². The molecule has 3 heterocycles. The number of nitrogen functional groups attached to an aromatic ring is 1. The number of nitrogens with zero attached hydrogens (tertiary/aromatic N) is 4. The van der Waals surface area contributed by atoms with E-state index in [0.29, 0.717) is 33.7 Å². The molecule has 0 aliphatic carbocycles. The maximum atomic E-state index is 12.6. The second-order valence-electron chi connectivity index (χ2n) is 7.71. The van der Waals surface area contributed by atoms with E-state index in [2.05, 4.69) is 42.2 Å². The minimum Gasteiger partial charge on any atom is -0.490 e. The van der Waals surface area contributed by atoms with Gasteiger partial charge < -0.3 is 20.7 Å². The Morgan fingerprint density at radius 2 is 2.00 bits per heavy atom. The lowest BCUT2D eigenvalue weighted by molar-refractivity contribution is 0.0951. The van der Waals surface area contributed by atoms with Gasteiger partial charge in [0.1, 0.15) is 23.5 Å². The largest absolute Gasteiger partial charge is 0.490 e. The van der Waals surface area contributed by atoms with Gasteiger partial charge in [-0.3, -0.25) is 9.78 Å². The first kappa shape index (κ1) is 22.6. The Bertz CT molecular complexity index is 1170. The first-order valence-electron chi connectivity index (χ1n) is 10.6. The molecule has 168 valence electrons. The van der Waals surface area contributed by atoms with E-state index < -0.39 is 0 Å². The maximum absolute atomic E-state index is 12.6. The van der Waals surface area contributed by atoms with E-state index in [1.165, 1.54) is 0 Å². The van der Waals surface area contributed by atoms with Gasteiger partial charge in [0.15, 0.2) is 0 Å². The fourth-order valence-corrected chi connectivity index (χ4v) is 4.26. The number of ether oxygens (including phenoxy) is 1. The number of carbonyl (C=O) groups is 1. The van der Waals surface area contributed by atoms with Crippen LogP contribution >= 0.6 is 15.9 Å². The number of benzene rings is 1. The molecule has 9 heteroatoms. The molecule has 33 heavy (non-hydrogen) atoms. The summed E-state index contributed by atoms with van der Waals surface area (Å²) in [5.74, 6) is 1.32. The van der Waals surface area contributed by atoms with Gasteiger partial charge in [-0.15, -0.1) is 0 Å². The number of nitrogens with one attached hydrogen (secondary N) is 1. The van der Waals surface area contributed by atoms with Crippen molar-refractivity contribution in [3.8, 4) is 11.8 Å². The molecule has 0 radical (unpaired) electrons. The Kier molecular flexibility index (Phi) is 7.05. The molecule has 1 aromatic carbocycles. The van der Waals surface area contributed by atoms with E-state index in [4.69, 9.17) is 15.7 Å². The van der Waals surface area contributed by atoms with Crippen molar-refractivity contribution in [2.24, 2.45) is 0 Å². The van der Waals surface area contributed by atoms with E-state index >= 15 is 0 Å². The number of carbonyl (C=O) groups excluding carboxylic acids is 1. The lowest BCUT2D eigenvalue weighted by Crippen LogP contribution is -2.39. The molecule has 0 bridgehead atoms. The lowest BCUT2D eigenvalue weighted by atomic mass is 10.1. The zero-order chi connectivity index (χ0) is 23.2. The van der Waals surface area contributed by atoms with Crippen LogP contribution in [0.4, 0.5) is 11.6 Å². The summed E-state index contributed by atoms with van der Waals surface area (Å²) in [6.45, 7) is 1.85. The molecular formula is C24H23BrN6O2. The normalized spacial score (nSPS) is 13.9. The number of aromatic nitrogens is 2. The Balaban J connectivity index is 1.37. The van der Waals surface area contributed by atoms with Crippen molar-refractivity contribution in [3.05, 3.63) is 76.0 Å². The molecule has 1 saturated heterocycles. The minimum atomic E-state index is -0.282. The van der Waals surface area contributed by atoms with Crippen LogP contribution < -0.4 is 20.7 Å². The number of hydrogen-bond donors (Lipinski definition) is 2. The number of pyridine rings is 2. The van der Waals surface area contributed by atoms with Crippen molar-refractivity contribution in [3.63, 3.8) is 0 Å². The third kappa shape index (κ3) is 5.59. The first-order valence-corrected chi connectivity index (χ1v) is 11.4. The van der Waals surface area contributed by atoms with Crippen LogP contribution in [-0.4, -0.2) is 35.1 Å². The highest BCUT2D eigenvalue weighted by Gasteiger charge is 2.24. The topological polar surface area (TPSA) is 117 Å². The summed E-state index contributed by atoms with van der Waals surface area (Å²) in [6.07, 6.45) is 5.03. The minimum absolute atomic E-state index is 0.0598. The SMILES string of the molecule is N#Cc1cccc(OC2CCN(c3nc(N)c(C(=O)NCc4ccncc4)cc3Br)CC2)c1. The zero-order valence-electron chi connectivity index (χ0n) is 17.9. The van der Waals surface area contributed by atoms with Gasteiger partial charge in [-0.25, -0.2) is 4.98 Å². The van der Waals surface area contributed by atoms with Crippen LogP contribution in [0.15, 0.2) is 59.3 Å². The highest BCUT2D eigenvalue weighted by atomic mass is 79.9. The van der Waals surface area contributed by atoms with Crippen molar-refractivity contribution in [1.82, 2.24) is 15.3 Å². The summed E-state index contributed by atoms with van der Waals surface area (Å²) in [5.41, 5.74) is 8.00. The number of nitrogens with two attached hydrogens (primary N) is 1. The maximum Gasteiger partial charge on any atom is 0.255 e. The van der Waals surface area contributed by atoms with Crippen LogP contribution in [0.2, 0.25) is 0 Å². The van der Waals surface area contributed by atoms with E-state index in [1.807, 2.05) is 24.3 Å². The lowest BCUT2D eigenvalue weighted by Gasteiger charge is -2.33. The van der Waals surface area contributed by atoms with Crippen LogP contribution in [0.5, 0.6) is 5.75 Å². The van der Waals surface area contributed by atoms with Crippen LogP contribution in [0.1, 0.15) is 34.3 Å². The Morgan fingerprint density at radius 1 is 1.24 bits per heavy atom. The first-order chi connectivity index (χ1) is 16.0. The van der Waals surface area contributed by atoms with E-state index in [1.54, 1.807) is 30.6 Å². The summed E-state index contributed by atoms with van der Waals surface area (Å²) >= 11 is 3.56. The van der Waals surface area contributed by atoms with Gasteiger partial charge in [0.2, 0.25) is 0 Å². The molecule has 1 fully saturated rings. The van der Waals surface area contributed by atoms with E-state index in [-0.39, 0.29) is 17.8 Å². The quantitative estimate of drug-likeness (QED) is 0.523. The van der Waals surface area contributed by atoms with Crippen LogP contribution in [0.3, 0.4) is 0 Å². The molecule has 4 rings (SSSR count). The smallest absolute Gasteiger partial charge is 0.255 e. The van der Waals surface area contributed by atoms with Crippen molar-refractivity contribution < 1.29 is 9.53 Å². The number of halogens is 1. The summed E-state index contributed by atoms with van der Waals surface area (Å²) in [6, 6.07) is 14.7. The number of amides is 1. The van der Waals surface area contributed by atoms with Crippen molar-refractivity contribution in [1.29, 1.82) is 5.26 Å². The molecule has 0 unspecified atom stereocenters. The summed E-state index contributed by atoms with van der Waals surface area (Å²) < 4.78 is 6.77. The zero-order valence-corrected chi connectivity index (χ0v) is 19.5. The standard InChI is InChI=1S/C24H23BrN6O2/c25-21-13-20(24(32)29-15-16-4-8-28-9-5-16)22(27)30-23(21)31-10-6-18(7-11-31)33-19-3-1-2-17(12-19)14-26/h1-5,8-9,12-13,18H,6-7,10-11,15H2,(H2,27,30)(H,29,32). The molecule has 8 nitrogen and oxygen atoms in total. The highest BCUT2D eigenvalue weighted by molar-refractivity contribution is 9.10. The third-order valence-corrected chi connectivity index (χ3v) is 6.02. The number of hydrogen-bond acceptors (Lipinski definition) is 7. The molecule has 2 aromatic heterocycles. The summed E-state index contributed by atoms with van der Waals surface area (Å²) in [5, 5.41) is 11.9. The fraction of sp³-hybridized carbons (Fsp3) is 0.250. The fourth-order valence-electron chi connectivity index (χ4n) is 3.69. The second-order valence-corrected chi connectivity index (χ2v) is 8.56. The molecule has 1 aliphatic rings. The number of rotatable bonds is 6. The van der Waals surface area contributed by atoms with Gasteiger partial charge in [0.05, 0.1) is 21.7 Å². The average molecular weight is 507 g/mol. The Hall–Kier alpha value is -3.64. The van der Waals surface area contributed by atoms with Gasteiger partial charge in [-0.1, -0.05) is 6.07 Å². The molecule has 1 aliphatic heterocycles. The number of nitriles is 1. The summed E-state index contributed by atoms with van der Waals surface area (Å²) in [7, 11) is 0. The van der Waals surface area contributed by atoms with Gasteiger partial charge in [-0.2, -0.15) is 5.26 Å². The monoisotopic (exact) mass is 506 g/mol. The van der Waals surface area contributed by atoms with Gasteiger partial charge in [0, 0.05) is 44.9 Å². The summed E-state index contributed by atoms with van der Waals surface area (Å²) in [4.78, 5) is 23.2. The average Bonchev–Trinajstić information content (AvgIpc) is 2.85. The van der Waals surface area contributed by atoms with Gasteiger partial charge in [0.25, 0.3) is 5.91 Å². The Labute approximate surface area is 200 Å². The third-order valence-electron chi connectivity index (χ3n) is 5.44. The molecule has 1 amide bonds. The molecule has 3 aromatic rings. The van der Waals surface area contributed by atoms with E-state index in [0.717, 1.165) is 31.5 Å². The predicted octanol–water partition coefficient (Wildman–Crippen LogP) is 3.67. The van der Waals surface area contributed by atoms with Crippen molar-refractivity contribution >= 4 is 33.5 Å². The molecule has 0 spiro atoms. The van der Waals surface area contributed by atoms with Crippen LogP contribution in [0.25, 0.3) is 0 Å². The molecule has 0 saturated carbocycles. The molecule has 0 atom stereocenters. The molecular weight excluding hydrogens is 484 g/mol. The number of anilines is 2. The van der Waals surface area contributed by atoms with Gasteiger partial charge in [-0.05, 0) is 57.9 Å². The van der Waals surface area contributed by atoms with Crippen molar-refractivity contribution in [2.75, 3.05) is 23.7 Å². The second kappa shape index (κ2) is 10.3. The van der Waals surface area contributed by atoms with Crippen molar-refractivity contribution in [2.45, 2.75) is 25.5 Å². The Morgan fingerprint density at radius 3 is 2.73 bits per heavy atom. The highest BCUT2D eigenvalue weighted by Crippen LogP contribution is 2.31. The number of piperidine rings is 1. The van der Waals surface area contributed by atoms with Gasteiger partial charge >= 0.3 is 0 Å². The predicted molar refractivity (Wildman–Crippen MR) is 129 cm³/mol. The van der Waals surface area contributed by atoms with Crippen LogP contribution in [0, 0.1) is 11.3 Å². The molecule has 3 N–H and O–H groups in total.